The van der Waals surface area contributed by atoms with Crippen molar-refractivity contribution in [2.24, 2.45) is 0 Å². The van der Waals surface area contributed by atoms with E-state index in [0.717, 1.165) is 17.6 Å². The highest BCUT2D eigenvalue weighted by Gasteiger charge is 2.52. The summed E-state index contributed by atoms with van der Waals surface area (Å²) in [6.45, 7) is 0.510. The second kappa shape index (κ2) is 4.85. The van der Waals surface area contributed by atoms with Crippen molar-refractivity contribution < 1.29 is 31.8 Å². The van der Waals surface area contributed by atoms with Gasteiger partial charge in [-0.2, -0.15) is 0 Å². The summed E-state index contributed by atoms with van der Waals surface area (Å²) < 4.78 is 61.2. The third kappa shape index (κ3) is 2.55. The molecule has 0 bridgehead atoms. The molecule has 2 atom stereocenters. The quantitative estimate of drug-likeness (QED) is 0.840. The molecule has 0 amide bonds. The highest BCUT2D eigenvalue weighted by Crippen LogP contribution is 2.53. The molecule has 1 aliphatic heterocycles. The molecular formula is C11H13F2NO5S2. The molecule has 0 radical (unpaired) electrons. The van der Waals surface area contributed by atoms with Crippen molar-refractivity contribution >= 4 is 21.2 Å². The molecule has 2 heterocycles. The van der Waals surface area contributed by atoms with Gasteiger partial charge >= 0.3 is 0 Å². The molecule has 6 nitrogen and oxygen atoms in total. The molecule has 1 unspecified atom stereocenters. The maximum absolute atomic E-state index is 13.7. The SMILES string of the molecule is CS(=O)(=O)c1sc(OC2COCN2)c2c1[C@H](O)C(F)(F)C2. The number of nitrogens with one attached hydrogen (secondary N) is 1. The van der Waals surface area contributed by atoms with Crippen LogP contribution in [-0.4, -0.2) is 45.3 Å². The van der Waals surface area contributed by atoms with Crippen LogP contribution in [0.2, 0.25) is 0 Å². The Morgan fingerprint density at radius 2 is 2.24 bits per heavy atom. The van der Waals surface area contributed by atoms with E-state index in [2.05, 4.69) is 5.32 Å². The first kappa shape index (κ1) is 15.1. The molecule has 10 heteroatoms. The summed E-state index contributed by atoms with van der Waals surface area (Å²) in [5.74, 6) is -3.39. The van der Waals surface area contributed by atoms with E-state index >= 15 is 0 Å². The molecule has 2 N–H and O–H groups in total. The number of hydrogen-bond donors (Lipinski definition) is 2. The van der Waals surface area contributed by atoms with Gasteiger partial charge in [0.05, 0.1) is 13.3 Å². The molecule has 21 heavy (non-hydrogen) atoms. The Morgan fingerprint density at radius 1 is 1.52 bits per heavy atom. The summed E-state index contributed by atoms with van der Waals surface area (Å²) in [5.41, 5.74) is -0.173. The van der Waals surface area contributed by atoms with E-state index < -0.39 is 34.5 Å². The average molecular weight is 341 g/mol. The Balaban J connectivity index is 2.05. The fourth-order valence-electron chi connectivity index (χ4n) is 2.37. The second-order valence-electron chi connectivity index (χ2n) is 5.01. The van der Waals surface area contributed by atoms with Crippen LogP contribution in [0.15, 0.2) is 4.21 Å². The molecule has 3 rings (SSSR count). The second-order valence-corrected chi connectivity index (χ2v) is 8.20. The summed E-state index contributed by atoms with van der Waals surface area (Å²) >= 11 is 0.761. The van der Waals surface area contributed by atoms with Crippen LogP contribution in [0.3, 0.4) is 0 Å². The Kier molecular flexibility index (Phi) is 3.49. The van der Waals surface area contributed by atoms with Crippen molar-refractivity contribution in [2.45, 2.75) is 28.9 Å². The average Bonchev–Trinajstić information content (AvgIpc) is 3.01. The van der Waals surface area contributed by atoms with Crippen molar-refractivity contribution in [1.82, 2.24) is 5.32 Å². The predicted molar refractivity (Wildman–Crippen MR) is 69.4 cm³/mol. The number of ether oxygens (including phenoxy) is 2. The largest absolute Gasteiger partial charge is 0.463 e. The lowest BCUT2D eigenvalue weighted by atomic mass is 10.2. The van der Waals surface area contributed by atoms with E-state index in [1.165, 1.54) is 0 Å². The van der Waals surface area contributed by atoms with Gasteiger partial charge in [-0.25, -0.2) is 17.2 Å². The molecule has 1 aromatic heterocycles. The minimum Gasteiger partial charge on any atom is -0.463 e. The molecule has 0 spiro atoms. The Hall–Kier alpha value is -0.810. The van der Waals surface area contributed by atoms with E-state index in [-0.39, 0.29) is 33.7 Å². The lowest BCUT2D eigenvalue weighted by Crippen LogP contribution is -2.30. The maximum atomic E-state index is 13.7. The van der Waals surface area contributed by atoms with Crippen molar-refractivity contribution in [3.8, 4) is 5.06 Å². The summed E-state index contributed by atoms with van der Waals surface area (Å²) in [6, 6.07) is 0. The number of aliphatic hydroxyl groups excluding tert-OH is 1. The lowest BCUT2D eigenvalue weighted by molar-refractivity contribution is -0.0976. The monoisotopic (exact) mass is 341 g/mol. The summed E-state index contributed by atoms with van der Waals surface area (Å²) in [6.07, 6.45) is -2.47. The van der Waals surface area contributed by atoms with Gasteiger partial charge in [-0.15, -0.1) is 0 Å². The first-order valence-electron chi connectivity index (χ1n) is 6.09. The molecule has 0 saturated carbocycles. The number of thiophene rings is 1. The topological polar surface area (TPSA) is 84.9 Å². The maximum Gasteiger partial charge on any atom is 0.281 e. The van der Waals surface area contributed by atoms with Crippen molar-refractivity contribution in [3.63, 3.8) is 0 Å². The Labute approximate surface area is 123 Å². The van der Waals surface area contributed by atoms with E-state index in [0.29, 0.717) is 0 Å². The zero-order valence-corrected chi connectivity index (χ0v) is 12.6. The number of halogens is 2. The van der Waals surface area contributed by atoms with Gasteiger partial charge in [-0.3, -0.25) is 5.32 Å². The van der Waals surface area contributed by atoms with Gasteiger partial charge in [0.25, 0.3) is 5.92 Å². The van der Waals surface area contributed by atoms with Crippen molar-refractivity contribution in [1.29, 1.82) is 0 Å². The van der Waals surface area contributed by atoms with E-state index in [1.54, 1.807) is 0 Å². The minimum absolute atomic E-state index is 0.0617. The van der Waals surface area contributed by atoms with Gasteiger partial charge in [-0.05, 0) is 0 Å². The van der Waals surface area contributed by atoms with Crippen LogP contribution in [0.1, 0.15) is 17.2 Å². The van der Waals surface area contributed by atoms with Crippen LogP contribution in [0.5, 0.6) is 5.06 Å². The predicted octanol–water partition coefficient (Wildman–Crippen LogP) is 0.659. The van der Waals surface area contributed by atoms with Crippen LogP contribution in [0.4, 0.5) is 8.78 Å². The fraction of sp³-hybridized carbons (Fsp3) is 0.636. The highest BCUT2D eigenvalue weighted by atomic mass is 32.2. The van der Waals surface area contributed by atoms with Crippen LogP contribution >= 0.6 is 11.3 Å². The lowest BCUT2D eigenvalue weighted by Gasteiger charge is -2.15. The standard InChI is InChI=1S/C11H13F2NO5S2/c1-21(16,17)10-7-5(2-11(12,13)8(7)15)9(20-10)19-6-3-18-4-14-6/h6,8,14-15H,2-4H2,1H3/t6?,8-/m0/s1. The number of rotatable bonds is 3. The first-order chi connectivity index (χ1) is 9.70. The molecule has 1 saturated heterocycles. The molecule has 1 aliphatic carbocycles. The van der Waals surface area contributed by atoms with Gasteiger partial charge in [0.2, 0.25) is 0 Å². The van der Waals surface area contributed by atoms with Crippen LogP contribution < -0.4 is 10.1 Å². The first-order valence-corrected chi connectivity index (χ1v) is 8.80. The highest BCUT2D eigenvalue weighted by molar-refractivity contribution is 7.92. The zero-order valence-electron chi connectivity index (χ0n) is 10.9. The Bertz CT molecular complexity index is 666. The van der Waals surface area contributed by atoms with Crippen LogP contribution in [0, 0.1) is 0 Å². The van der Waals surface area contributed by atoms with Gasteiger partial charge in [0, 0.05) is 23.8 Å². The third-order valence-electron chi connectivity index (χ3n) is 3.33. The third-order valence-corrected chi connectivity index (χ3v) is 6.32. The van der Waals surface area contributed by atoms with E-state index in [4.69, 9.17) is 9.47 Å². The molecule has 1 fully saturated rings. The van der Waals surface area contributed by atoms with E-state index in [9.17, 15) is 22.3 Å². The van der Waals surface area contributed by atoms with E-state index in [1.807, 2.05) is 0 Å². The number of alkyl halides is 2. The smallest absolute Gasteiger partial charge is 0.281 e. The number of hydrogen-bond acceptors (Lipinski definition) is 7. The number of sulfone groups is 1. The molecule has 2 aliphatic rings. The normalized spacial score (nSPS) is 27.8. The van der Waals surface area contributed by atoms with Gasteiger partial charge in [0.15, 0.2) is 21.1 Å². The number of fused-ring (bicyclic) bond motifs is 1. The summed E-state index contributed by atoms with van der Waals surface area (Å²) in [5, 5.41) is 12.7. The van der Waals surface area contributed by atoms with Crippen molar-refractivity contribution in [3.05, 3.63) is 11.1 Å². The number of aliphatic hydroxyl groups is 1. The van der Waals surface area contributed by atoms with Crippen molar-refractivity contribution in [2.75, 3.05) is 19.6 Å². The summed E-state index contributed by atoms with van der Waals surface area (Å²) in [4.78, 5) is 0. The molecule has 118 valence electrons. The Morgan fingerprint density at radius 3 is 2.81 bits per heavy atom. The summed E-state index contributed by atoms with van der Waals surface area (Å²) in [7, 11) is -3.73. The van der Waals surface area contributed by atoms with Gasteiger partial charge in [0.1, 0.15) is 10.3 Å². The molecular weight excluding hydrogens is 328 g/mol. The van der Waals surface area contributed by atoms with Gasteiger partial charge in [-0.1, -0.05) is 11.3 Å². The van der Waals surface area contributed by atoms with Crippen LogP contribution in [0.25, 0.3) is 0 Å². The van der Waals surface area contributed by atoms with Gasteiger partial charge < -0.3 is 14.6 Å². The molecule has 1 aromatic rings. The minimum atomic E-state index is -3.73. The fourth-order valence-corrected chi connectivity index (χ4v) is 4.82. The van der Waals surface area contributed by atoms with Crippen LogP contribution in [-0.2, 0) is 21.0 Å². The molecule has 0 aromatic carbocycles. The zero-order chi connectivity index (χ0) is 15.4.